The van der Waals surface area contributed by atoms with Crippen molar-refractivity contribution in [2.45, 2.75) is 26.8 Å². The maximum absolute atomic E-state index is 14.1. The number of fused-ring (bicyclic) bond motifs is 1. The summed E-state index contributed by atoms with van der Waals surface area (Å²) in [6, 6.07) is 1.74. The molecule has 1 aromatic carbocycles. The topological polar surface area (TPSA) is 41.0 Å². The highest BCUT2D eigenvalue weighted by Gasteiger charge is 2.24. The van der Waals surface area contributed by atoms with E-state index >= 15 is 0 Å². The Kier molecular flexibility index (Phi) is 4.41. The van der Waals surface area contributed by atoms with Crippen LogP contribution in [0.2, 0.25) is 0 Å². The van der Waals surface area contributed by atoms with Crippen LogP contribution in [-0.4, -0.2) is 33.4 Å². The molecule has 0 saturated carbocycles. The minimum atomic E-state index is -1.00. The second kappa shape index (κ2) is 5.93. The minimum absolute atomic E-state index is 0.00648. The quantitative estimate of drug-likeness (QED) is 0.879. The number of aromatic nitrogens is 2. The summed E-state index contributed by atoms with van der Waals surface area (Å²) >= 11 is 5.16. The number of nitrogens with one attached hydrogen (secondary N) is 1. The van der Waals surface area contributed by atoms with Crippen molar-refractivity contribution in [3.8, 4) is 0 Å². The molecule has 1 aromatic heterocycles. The molecule has 1 amide bonds. The van der Waals surface area contributed by atoms with Crippen LogP contribution in [0.3, 0.4) is 0 Å². The molecule has 2 aromatic rings. The molecule has 1 atom stereocenters. The largest absolute Gasteiger partial charge is 0.341 e. The number of benzene rings is 1. The number of imidazole rings is 1. The molecule has 0 saturated heterocycles. The van der Waals surface area contributed by atoms with E-state index in [0.717, 1.165) is 6.07 Å². The first kappa shape index (κ1) is 15.6. The number of hydrogen-bond donors (Lipinski definition) is 1. The Labute approximate surface area is 126 Å². The first-order valence-corrected chi connectivity index (χ1v) is 7.20. The standard InChI is InChI=1S/C14H17F2N3OS/c1-4-18(5-2)13(20)8(3)19-12-10(17-14(19)21)7-6-9(15)11(12)16/h6-8H,4-5H2,1-3H3,(H,17,21). The highest BCUT2D eigenvalue weighted by molar-refractivity contribution is 7.71. The van der Waals surface area contributed by atoms with Gasteiger partial charge in [0.25, 0.3) is 0 Å². The number of rotatable bonds is 4. The lowest BCUT2D eigenvalue weighted by Gasteiger charge is -2.24. The van der Waals surface area contributed by atoms with E-state index in [0.29, 0.717) is 18.6 Å². The van der Waals surface area contributed by atoms with Gasteiger partial charge in [-0.05, 0) is 45.1 Å². The Balaban J connectivity index is 2.61. The third-order valence-corrected chi connectivity index (χ3v) is 3.89. The van der Waals surface area contributed by atoms with Crippen LogP contribution in [-0.2, 0) is 4.79 Å². The van der Waals surface area contributed by atoms with Crippen molar-refractivity contribution in [1.82, 2.24) is 14.5 Å². The summed E-state index contributed by atoms with van der Waals surface area (Å²) < 4.78 is 29.1. The Morgan fingerprint density at radius 3 is 2.57 bits per heavy atom. The molecule has 0 spiro atoms. The summed E-state index contributed by atoms with van der Waals surface area (Å²) in [5.74, 6) is -2.15. The fourth-order valence-corrected chi connectivity index (χ4v) is 2.79. The summed E-state index contributed by atoms with van der Waals surface area (Å²) in [4.78, 5) is 16.9. The van der Waals surface area contributed by atoms with Gasteiger partial charge in [0.2, 0.25) is 5.91 Å². The summed E-state index contributed by atoms with van der Waals surface area (Å²) in [6.45, 7) is 6.46. The van der Waals surface area contributed by atoms with Gasteiger partial charge in [0, 0.05) is 13.1 Å². The van der Waals surface area contributed by atoms with Gasteiger partial charge in [-0.2, -0.15) is 0 Å². The third-order valence-electron chi connectivity index (χ3n) is 3.59. The zero-order valence-electron chi connectivity index (χ0n) is 12.1. The second-order valence-corrected chi connectivity index (χ2v) is 5.13. The molecule has 21 heavy (non-hydrogen) atoms. The van der Waals surface area contributed by atoms with Crippen LogP contribution in [0, 0.1) is 16.4 Å². The maximum Gasteiger partial charge on any atom is 0.245 e. The average Bonchev–Trinajstić information content (AvgIpc) is 2.80. The van der Waals surface area contributed by atoms with Gasteiger partial charge in [-0.3, -0.25) is 4.79 Å². The number of nitrogens with zero attached hydrogens (tertiary/aromatic N) is 2. The van der Waals surface area contributed by atoms with E-state index in [1.54, 1.807) is 11.8 Å². The Morgan fingerprint density at radius 1 is 1.38 bits per heavy atom. The van der Waals surface area contributed by atoms with Crippen molar-refractivity contribution < 1.29 is 13.6 Å². The van der Waals surface area contributed by atoms with Gasteiger partial charge in [-0.1, -0.05) is 0 Å². The lowest BCUT2D eigenvalue weighted by atomic mass is 10.2. The van der Waals surface area contributed by atoms with Crippen LogP contribution >= 0.6 is 12.2 Å². The number of hydrogen-bond acceptors (Lipinski definition) is 2. The normalized spacial score (nSPS) is 12.6. The first-order valence-electron chi connectivity index (χ1n) is 6.79. The number of H-pyrrole nitrogens is 1. The van der Waals surface area contributed by atoms with Crippen molar-refractivity contribution in [2.24, 2.45) is 0 Å². The van der Waals surface area contributed by atoms with E-state index < -0.39 is 17.7 Å². The summed E-state index contributed by atoms with van der Waals surface area (Å²) in [5, 5.41) is 0. The highest BCUT2D eigenvalue weighted by atomic mass is 32.1. The fourth-order valence-electron chi connectivity index (χ4n) is 2.43. The summed E-state index contributed by atoms with van der Waals surface area (Å²) in [7, 11) is 0. The molecule has 1 N–H and O–H groups in total. The lowest BCUT2D eigenvalue weighted by molar-refractivity contribution is -0.133. The van der Waals surface area contributed by atoms with Gasteiger partial charge in [-0.25, -0.2) is 8.78 Å². The third kappa shape index (κ3) is 2.57. The van der Waals surface area contributed by atoms with Gasteiger partial charge >= 0.3 is 0 Å². The van der Waals surface area contributed by atoms with Crippen LogP contribution in [0.25, 0.3) is 11.0 Å². The lowest BCUT2D eigenvalue weighted by Crippen LogP contribution is -2.36. The zero-order chi connectivity index (χ0) is 15.7. The van der Waals surface area contributed by atoms with Crippen LogP contribution in [0.1, 0.15) is 26.8 Å². The molecule has 1 heterocycles. The van der Waals surface area contributed by atoms with Gasteiger partial charge in [0.05, 0.1) is 5.52 Å². The molecule has 0 aliphatic carbocycles. The summed E-state index contributed by atoms with van der Waals surface area (Å²) in [5.41, 5.74) is 0.367. The molecular formula is C14H17F2N3OS. The molecule has 0 aliphatic heterocycles. The Bertz CT molecular complexity index is 734. The van der Waals surface area contributed by atoms with Crippen molar-refractivity contribution >= 4 is 29.2 Å². The number of carbonyl (C=O) groups excluding carboxylic acids is 1. The smallest absolute Gasteiger partial charge is 0.245 e. The van der Waals surface area contributed by atoms with Gasteiger partial charge in [-0.15, -0.1) is 0 Å². The number of carbonyl (C=O) groups is 1. The predicted octanol–water partition coefficient (Wildman–Crippen LogP) is 3.41. The monoisotopic (exact) mass is 313 g/mol. The van der Waals surface area contributed by atoms with Crippen molar-refractivity contribution in [3.63, 3.8) is 0 Å². The van der Waals surface area contributed by atoms with E-state index in [-0.39, 0.29) is 16.2 Å². The number of amides is 1. The van der Waals surface area contributed by atoms with Gasteiger partial charge < -0.3 is 14.5 Å². The molecule has 0 bridgehead atoms. The van der Waals surface area contributed by atoms with Crippen LogP contribution in [0.5, 0.6) is 0 Å². The maximum atomic E-state index is 14.1. The van der Waals surface area contributed by atoms with Gasteiger partial charge in [0.15, 0.2) is 16.4 Å². The Hall–Kier alpha value is -1.76. The molecule has 0 aliphatic rings. The van der Waals surface area contributed by atoms with E-state index in [9.17, 15) is 13.6 Å². The molecule has 2 rings (SSSR count). The van der Waals surface area contributed by atoms with Crippen molar-refractivity contribution in [2.75, 3.05) is 13.1 Å². The van der Waals surface area contributed by atoms with Crippen molar-refractivity contribution in [1.29, 1.82) is 0 Å². The minimum Gasteiger partial charge on any atom is -0.341 e. The molecule has 0 fully saturated rings. The van der Waals surface area contributed by atoms with Crippen molar-refractivity contribution in [3.05, 3.63) is 28.5 Å². The zero-order valence-corrected chi connectivity index (χ0v) is 12.9. The number of halogens is 2. The Morgan fingerprint density at radius 2 is 2.00 bits per heavy atom. The van der Waals surface area contributed by atoms with E-state index in [4.69, 9.17) is 12.2 Å². The predicted molar refractivity (Wildman–Crippen MR) is 79.7 cm³/mol. The van der Waals surface area contributed by atoms with Crippen LogP contribution in [0.4, 0.5) is 8.78 Å². The first-order chi connectivity index (χ1) is 9.92. The molecular weight excluding hydrogens is 296 g/mol. The van der Waals surface area contributed by atoms with E-state index in [1.165, 1.54) is 10.6 Å². The van der Waals surface area contributed by atoms with E-state index in [2.05, 4.69) is 4.98 Å². The molecule has 1 unspecified atom stereocenters. The average molecular weight is 313 g/mol. The second-order valence-electron chi connectivity index (χ2n) is 4.74. The molecule has 114 valence electrons. The SMILES string of the molecule is CCN(CC)C(=O)C(C)n1c(=S)[nH]c2ccc(F)c(F)c21. The number of aromatic amines is 1. The summed E-state index contributed by atoms with van der Waals surface area (Å²) in [6.07, 6.45) is 0. The molecule has 7 heteroatoms. The number of likely N-dealkylation sites (N-methyl/N-ethyl adjacent to an activating group) is 1. The van der Waals surface area contributed by atoms with Crippen LogP contribution in [0.15, 0.2) is 12.1 Å². The molecule has 0 radical (unpaired) electrons. The fraction of sp³-hybridized carbons (Fsp3) is 0.429. The van der Waals surface area contributed by atoms with E-state index in [1.807, 2.05) is 13.8 Å². The van der Waals surface area contributed by atoms with Gasteiger partial charge in [0.1, 0.15) is 11.6 Å². The van der Waals surface area contributed by atoms with Crippen LogP contribution < -0.4 is 0 Å². The molecule has 4 nitrogen and oxygen atoms in total. The highest BCUT2D eigenvalue weighted by Crippen LogP contribution is 2.24.